The van der Waals surface area contributed by atoms with Gasteiger partial charge in [0.15, 0.2) is 0 Å². The number of rotatable bonds is 1. The van der Waals surface area contributed by atoms with Gasteiger partial charge in [0.1, 0.15) is 0 Å². The third kappa shape index (κ3) is 1.72. The van der Waals surface area contributed by atoms with E-state index in [1.54, 1.807) is 0 Å². The minimum atomic E-state index is 0.599. The molecule has 2 atom stereocenters. The first kappa shape index (κ1) is 9.04. The molecular weight excluding hydrogens is 160 g/mol. The SMILES string of the molecule is CC1CCCN(C(=N)C2CC2)C1C. The first-order valence-corrected chi connectivity index (χ1v) is 5.55. The lowest BCUT2D eigenvalue weighted by atomic mass is 9.91. The molecule has 74 valence electrons. The van der Waals surface area contributed by atoms with Gasteiger partial charge in [-0.15, -0.1) is 0 Å². The molecule has 2 aliphatic rings. The van der Waals surface area contributed by atoms with Crippen molar-refractivity contribution in [3.8, 4) is 0 Å². The Balaban J connectivity index is 1.99. The van der Waals surface area contributed by atoms with Crippen molar-refractivity contribution in [1.82, 2.24) is 4.90 Å². The van der Waals surface area contributed by atoms with E-state index in [-0.39, 0.29) is 0 Å². The maximum atomic E-state index is 8.05. The molecule has 1 heterocycles. The molecule has 2 heteroatoms. The van der Waals surface area contributed by atoms with E-state index < -0.39 is 0 Å². The Kier molecular flexibility index (Phi) is 2.31. The number of amidine groups is 1. The first-order chi connectivity index (χ1) is 6.20. The number of nitrogens with one attached hydrogen (secondary N) is 1. The molecule has 13 heavy (non-hydrogen) atoms. The molecule has 0 aromatic rings. The predicted octanol–water partition coefficient (Wildman–Crippen LogP) is 2.49. The highest BCUT2D eigenvalue weighted by molar-refractivity contribution is 5.84. The lowest BCUT2D eigenvalue weighted by Crippen LogP contribution is -2.46. The van der Waals surface area contributed by atoms with Crippen molar-refractivity contribution < 1.29 is 0 Å². The van der Waals surface area contributed by atoms with Crippen LogP contribution in [-0.2, 0) is 0 Å². The molecule has 1 aliphatic heterocycles. The van der Waals surface area contributed by atoms with Gasteiger partial charge in [-0.25, -0.2) is 0 Å². The molecule has 2 unspecified atom stereocenters. The lowest BCUT2D eigenvalue weighted by Gasteiger charge is -2.39. The average Bonchev–Trinajstić information content (AvgIpc) is 2.91. The van der Waals surface area contributed by atoms with E-state index in [9.17, 15) is 0 Å². The van der Waals surface area contributed by atoms with Gasteiger partial charge >= 0.3 is 0 Å². The lowest BCUT2D eigenvalue weighted by molar-refractivity contribution is 0.186. The fourth-order valence-electron chi connectivity index (χ4n) is 2.27. The molecule has 2 fully saturated rings. The van der Waals surface area contributed by atoms with Crippen LogP contribution < -0.4 is 0 Å². The summed E-state index contributed by atoms with van der Waals surface area (Å²) >= 11 is 0. The van der Waals surface area contributed by atoms with E-state index in [1.807, 2.05) is 0 Å². The molecule has 1 saturated carbocycles. The zero-order valence-corrected chi connectivity index (χ0v) is 8.71. The average molecular weight is 180 g/mol. The van der Waals surface area contributed by atoms with Crippen LogP contribution >= 0.6 is 0 Å². The molecule has 1 saturated heterocycles. The third-order valence-electron chi connectivity index (χ3n) is 3.65. The number of nitrogens with zero attached hydrogens (tertiary/aromatic N) is 1. The van der Waals surface area contributed by atoms with Gasteiger partial charge in [-0.1, -0.05) is 6.92 Å². The molecule has 2 nitrogen and oxygen atoms in total. The second-order valence-corrected chi connectivity index (χ2v) is 4.71. The summed E-state index contributed by atoms with van der Waals surface area (Å²) < 4.78 is 0. The summed E-state index contributed by atoms with van der Waals surface area (Å²) in [4.78, 5) is 2.34. The van der Waals surface area contributed by atoms with Gasteiger partial charge in [0.05, 0.1) is 5.84 Å². The van der Waals surface area contributed by atoms with Crippen molar-refractivity contribution in [2.24, 2.45) is 11.8 Å². The van der Waals surface area contributed by atoms with E-state index in [0.717, 1.165) is 18.3 Å². The second kappa shape index (κ2) is 3.32. The normalized spacial score (nSPS) is 34.8. The standard InChI is InChI=1S/C11H20N2/c1-8-4-3-7-13(9(8)2)11(12)10-5-6-10/h8-10,12H,3-7H2,1-2H3. The molecule has 0 radical (unpaired) electrons. The minimum absolute atomic E-state index is 0.599. The number of likely N-dealkylation sites (tertiary alicyclic amines) is 1. The number of hydrogen-bond donors (Lipinski definition) is 1. The van der Waals surface area contributed by atoms with E-state index in [1.165, 1.54) is 25.7 Å². The zero-order chi connectivity index (χ0) is 9.42. The Morgan fingerprint density at radius 2 is 1.92 bits per heavy atom. The van der Waals surface area contributed by atoms with Crippen molar-refractivity contribution in [2.45, 2.75) is 45.6 Å². The van der Waals surface area contributed by atoms with Crippen molar-refractivity contribution in [3.63, 3.8) is 0 Å². The van der Waals surface area contributed by atoms with Crippen LogP contribution in [-0.4, -0.2) is 23.3 Å². The molecule has 0 spiro atoms. The molecule has 0 amide bonds. The smallest absolute Gasteiger partial charge is 0.0992 e. The Labute approximate surface area is 80.8 Å². The van der Waals surface area contributed by atoms with Crippen molar-refractivity contribution in [1.29, 1.82) is 5.41 Å². The maximum absolute atomic E-state index is 8.05. The highest BCUT2D eigenvalue weighted by Crippen LogP contribution is 2.34. The summed E-state index contributed by atoms with van der Waals surface area (Å²) in [6.07, 6.45) is 5.14. The zero-order valence-electron chi connectivity index (χ0n) is 8.71. The van der Waals surface area contributed by atoms with Crippen LogP contribution in [0.2, 0.25) is 0 Å². The summed E-state index contributed by atoms with van der Waals surface area (Å²) in [6.45, 7) is 5.72. The molecule has 1 N–H and O–H groups in total. The van der Waals surface area contributed by atoms with Crippen LogP contribution in [0, 0.1) is 17.2 Å². The van der Waals surface area contributed by atoms with E-state index in [0.29, 0.717) is 12.0 Å². The van der Waals surface area contributed by atoms with Gasteiger partial charge in [-0.3, -0.25) is 5.41 Å². The summed E-state index contributed by atoms with van der Waals surface area (Å²) in [5.41, 5.74) is 0. The van der Waals surface area contributed by atoms with Gasteiger partial charge in [-0.2, -0.15) is 0 Å². The minimum Gasteiger partial charge on any atom is -0.357 e. The first-order valence-electron chi connectivity index (χ1n) is 5.55. The Morgan fingerprint density at radius 1 is 1.23 bits per heavy atom. The Hall–Kier alpha value is -0.530. The maximum Gasteiger partial charge on any atom is 0.0992 e. The molecule has 0 bridgehead atoms. The topological polar surface area (TPSA) is 27.1 Å². The van der Waals surface area contributed by atoms with Gasteiger partial charge in [0, 0.05) is 18.5 Å². The van der Waals surface area contributed by atoms with Crippen molar-refractivity contribution in [2.75, 3.05) is 6.54 Å². The fraction of sp³-hybridized carbons (Fsp3) is 0.909. The largest absolute Gasteiger partial charge is 0.357 e. The monoisotopic (exact) mass is 180 g/mol. The highest BCUT2D eigenvalue weighted by Gasteiger charge is 2.34. The van der Waals surface area contributed by atoms with Crippen LogP contribution in [0.25, 0.3) is 0 Å². The molecule has 1 aliphatic carbocycles. The molecule has 0 aromatic heterocycles. The van der Waals surface area contributed by atoms with E-state index >= 15 is 0 Å². The van der Waals surface area contributed by atoms with Gasteiger partial charge < -0.3 is 4.90 Å². The van der Waals surface area contributed by atoms with Crippen LogP contribution in [0.5, 0.6) is 0 Å². The molecule has 0 aromatic carbocycles. The summed E-state index contributed by atoms with van der Waals surface area (Å²) in [5, 5.41) is 8.05. The summed E-state index contributed by atoms with van der Waals surface area (Å²) in [5.74, 6) is 2.32. The predicted molar refractivity (Wildman–Crippen MR) is 55.0 cm³/mol. The molecular formula is C11H20N2. The van der Waals surface area contributed by atoms with Gasteiger partial charge in [0.25, 0.3) is 0 Å². The second-order valence-electron chi connectivity index (χ2n) is 4.71. The molecule has 2 rings (SSSR count). The number of hydrogen-bond acceptors (Lipinski definition) is 1. The third-order valence-corrected chi connectivity index (χ3v) is 3.65. The Morgan fingerprint density at radius 3 is 2.54 bits per heavy atom. The van der Waals surface area contributed by atoms with Crippen LogP contribution in [0.3, 0.4) is 0 Å². The highest BCUT2D eigenvalue weighted by atomic mass is 15.2. The number of piperidine rings is 1. The van der Waals surface area contributed by atoms with Crippen LogP contribution in [0.1, 0.15) is 39.5 Å². The van der Waals surface area contributed by atoms with Crippen molar-refractivity contribution in [3.05, 3.63) is 0 Å². The summed E-state index contributed by atoms with van der Waals surface area (Å²) in [7, 11) is 0. The Bertz CT molecular complexity index is 208. The van der Waals surface area contributed by atoms with E-state index in [4.69, 9.17) is 5.41 Å². The summed E-state index contributed by atoms with van der Waals surface area (Å²) in [6, 6.07) is 0.599. The fourth-order valence-corrected chi connectivity index (χ4v) is 2.27. The van der Waals surface area contributed by atoms with Gasteiger partial charge in [-0.05, 0) is 38.5 Å². The van der Waals surface area contributed by atoms with E-state index in [2.05, 4.69) is 18.7 Å². The quantitative estimate of drug-likeness (QED) is 0.487. The van der Waals surface area contributed by atoms with Gasteiger partial charge in [0.2, 0.25) is 0 Å². The van der Waals surface area contributed by atoms with Crippen LogP contribution in [0.4, 0.5) is 0 Å². The van der Waals surface area contributed by atoms with Crippen LogP contribution in [0.15, 0.2) is 0 Å². The van der Waals surface area contributed by atoms with Crippen molar-refractivity contribution >= 4 is 5.84 Å².